The molecule has 1 fully saturated rings. The minimum absolute atomic E-state index is 0.0718. The second kappa shape index (κ2) is 11.7. The lowest BCUT2D eigenvalue weighted by atomic mass is 9.95. The molecule has 3 rings (SSSR count). The van der Waals surface area contributed by atoms with Gasteiger partial charge in [0.2, 0.25) is 11.8 Å². The van der Waals surface area contributed by atoms with Crippen molar-refractivity contribution in [3.8, 4) is 0 Å². The molecular formula is C25H29Cl2FN2O2. The number of halogens is 3. The molecule has 7 heteroatoms. The molecule has 0 heterocycles. The molecule has 0 saturated heterocycles. The first-order valence-electron chi connectivity index (χ1n) is 11.2. The number of carbonyl (C=O) groups is 2. The van der Waals surface area contributed by atoms with Gasteiger partial charge in [-0.25, -0.2) is 4.39 Å². The first-order chi connectivity index (χ1) is 15.4. The van der Waals surface area contributed by atoms with Crippen LogP contribution in [0.15, 0.2) is 42.5 Å². The molecule has 0 aliphatic heterocycles. The third kappa shape index (κ3) is 6.23. The maximum Gasteiger partial charge on any atom is 0.243 e. The van der Waals surface area contributed by atoms with Crippen LogP contribution in [0.3, 0.4) is 0 Å². The molecule has 0 bridgehead atoms. The Hall–Kier alpha value is -2.11. The van der Waals surface area contributed by atoms with Crippen LogP contribution in [0, 0.1) is 5.82 Å². The zero-order valence-corrected chi connectivity index (χ0v) is 19.8. The number of hydrogen-bond acceptors (Lipinski definition) is 2. The fraction of sp³-hybridized carbons (Fsp3) is 0.440. The summed E-state index contributed by atoms with van der Waals surface area (Å²) in [5, 5.41) is 3.96. The summed E-state index contributed by atoms with van der Waals surface area (Å²) in [6.45, 7) is 1.94. The highest BCUT2D eigenvalue weighted by Crippen LogP contribution is 2.28. The van der Waals surface area contributed by atoms with Crippen molar-refractivity contribution in [2.24, 2.45) is 0 Å². The van der Waals surface area contributed by atoms with Gasteiger partial charge in [-0.1, -0.05) is 73.7 Å². The quantitative estimate of drug-likeness (QED) is 0.510. The van der Waals surface area contributed by atoms with Crippen LogP contribution in [0.5, 0.6) is 0 Å². The maximum atomic E-state index is 14.2. The van der Waals surface area contributed by atoms with Gasteiger partial charge in [0, 0.05) is 28.2 Å². The van der Waals surface area contributed by atoms with Gasteiger partial charge in [-0.2, -0.15) is 0 Å². The summed E-state index contributed by atoms with van der Waals surface area (Å²) in [5.41, 5.74) is 0.858. The second-order valence-corrected chi connectivity index (χ2v) is 9.07. The molecule has 4 nitrogen and oxygen atoms in total. The molecule has 0 radical (unpaired) electrons. The number of hydrogen-bond donors (Lipinski definition) is 1. The van der Waals surface area contributed by atoms with Gasteiger partial charge < -0.3 is 10.2 Å². The fourth-order valence-corrected chi connectivity index (χ4v) is 4.74. The number of nitrogens with zero attached hydrogens (tertiary/aromatic N) is 1. The minimum atomic E-state index is -0.705. The number of amides is 2. The van der Waals surface area contributed by atoms with Crippen LogP contribution in [-0.4, -0.2) is 28.8 Å². The van der Waals surface area contributed by atoms with E-state index in [1.54, 1.807) is 36.4 Å². The van der Waals surface area contributed by atoms with E-state index >= 15 is 0 Å². The minimum Gasteiger partial charge on any atom is -0.352 e. The summed E-state index contributed by atoms with van der Waals surface area (Å²) in [4.78, 5) is 28.1. The monoisotopic (exact) mass is 478 g/mol. The van der Waals surface area contributed by atoms with Crippen LogP contribution in [0.4, 0.5) is 4.39 Å². The molecule has 2 amide bonds. The molecule has 2 aromatic rings. The number of rotatable bonds is 8. The first kappa shape index (κ1) is 24.5. The molecule has 1 N–H and O–H groups in total. The van der Waals surface area contributed by atoms with Crippen molar-refractivity contribution >= 4 is 35.0 Å². The van der Waals surface area contributed by atoms with Crippen LogP contribution in [0.1, 0.15) is 56.6 Å². The van der Waals surface area contributed by atoms with Gasteiger partial charge in [-0.05, 0) is 43.0 Å². The molecule has 0 aromatic heterocycles. The Morgan fingerprint density at radius 1 is 1.06 bits per heavy atom. The zero-order valence-electron chi connectivity index (χ0n) is 18.3. The third-order valence-corrected chi connectivity index (χ3v) is 6.74. The summed E-state index contributed by atoms with van der Waals surface area (Å²) in [7, 11) is 0. The Balaban J connectivity index is 1.87. The topological polar surface area (TPSA) is 49.4 Å². The molecular weight excluding hydrogens is 450 g/mol. The predicted octanol–water partition coefficient (Wildman–Crippen LogP) is 5.93. The van der Waals surface area contributed by atoms with Crippen molar-refractivity contribution in [1.29, 1.82) is 0 Å². The smallest absolute Gasteiger partial charge is 0.243 e. The van der Waals surface area contributed by atoms with Crippen molar-refractivity contribution < 1.29 is 14.0 Å². The first-order valence-corrected chi connectivity index (χ1v) is 11.9. The molecule has 32 heavy (non-hydrogen) atoms. The van der Waals surface area contributed by atoms with Gasteiger partial charge in [0.05, 0.1) is 6.42 Å². The fourth-order valence-electron chi connectivity index (χ4n) is 4.22. The molecule has 2 aromatic carbocycles. The van der Waals surface area contributed by atoms with Crippen molar-refractivity contribution in [3.63, 3.8) is 0 Å². The summed E-state index contributed by atoms with van der Waals surface area (Å²) in [6, 6.07) is 10.7. The average molecular weight is 479 g/mol. The summed E-state index contributed by atoms with van der Waals surface area (Å²) < 4.78 is 14.2. The average Bonchev–Trinajstić information content (AvgIpc) is 2.77. The van der Waals surface area contributed by atoms with Crippen LogP contribution < -0.4 is 5.32 Å². The van der Waals surface area contributed by atoms with Gasteiger partial charge >= 0.3 is 0 Å². The van der Waals surface area contributed by atoms with E-state index in [2.05, 4.69) is 5.32 Å². The predicted molar refractivity (Wildman–Crippen MR) is 126 cm³/mol. The van der Waals surface area contributed by atoms with Crippen molar-refractivity contribution in [1.82, 2.24) is 10.2 Å². The Bertz CT molecular complexity index is 927. The Morgan fingerprint density at radius 3 is 2.34 bits per heavy atom. The van der Waals surface area contributed by atoms with Gasteiger partial charge in [-0.3, -0.25) is 9.59 Å². The van der Waals surface area contributed by atoms with Gasteiger partial charge in [-0.15, -0.1) is 0 Å². The van der Waals surface area contributed by atoms with Gasteiger partial charge in [0.15, 0.2) is 0 Å². The van der Waals surface area contributed by atoms with E-state index in [1.165, 1.54) is 17.4 Å². The van der Waals surface area contributed by atoms with Gasteiger partial charge in [0.25, 0.3) is 0 Å². The molecule has 1 aliphatic rings. The molecule has 1 saturated carbocycles. The third-order valence-electron chi connectivity index (χ3n) is 6.03. The number of nitrogens with one attached hydrogen (secondary N) is 1. The van der Waals surface area contributed by atoms with E-state index in [0.29, 0.717) is 22.0 Å². The summed E-state index contributed by atoms with van der Waals surface area (Å²) >= 11 is 12.7. The van der Waals surface area contributed by atoms with Crippen molar-refractivity contribution in [3.05, 3.63) is 69.5 Å². The highest BCUT2D eigenvalue weighted by Gasteiger charge is 2.31. The van der Waals surface area contributed by atoms with E-state index in [0.717, 1.165) is 25.7 Å². The van der Waals surface area contributed by atoms with E-state index in [9.17, 15) is 14.0 Å². The zero-order chi connectivity index (χ0) is 23.1. The summed E-state index contributed by atoms with van der Waals surface area (Å²) in [6.07, 6.45) is 5.52. The van der Waals surface area contributed by atoms with E-state index in [-0.39, 0.29) is 36.4 Å². The van der Waals surface area contributed by atoms with Crippen LogP contribution >= 0.6 is 23.2 Å². The standard InChI is InChI=1S/C25H29Cl2FN2O2/c1-2-23(25(32)29-18-10-4-3-5-11-18)30(16-19-20(26)12-8-13-21(19)27)24(31)15-17-9-6-7-14-22(17)28/h6-9,12-14,18,23H,2-5,10-11,15-16H2,1H3,(H,29,32). The summed E-state index contributed by atoms with van der Waals surface area (Å²) in [5.74, 6) is -0.988. The van der Waals surface area contributed by atoms with Crippen LogP contribution in [-0.2, 0) is 22.6 Å². The lowest BCUT2D eigenvalue weighted by Crippen LogP contribution is -2.52. The lowest BCUT2D eigenvalue weighted by molar-refractivity contribution is -0.141. The van der Waals surface area contributed by atoms with Crippen LogP contribution in [0.25, 0.3) is 0 Å². The highest BCUT2D eigenvalue weighted by molar-refractivity contribution is 6.36. The van der Waals surface area contributed by atoms with Crippen LogP contribution in [0.2, 0.25) is 10.0 Å². The molecule has 0 spiro atoms. The molecule has 1 aliphatic carbocycles. The van der Waals surface area contributed by atoms with E-state index in [1.807, 2.05) is 6.92 Å². The molecule has 1 atom stereocenters. The highest BCUT2D eigenvalue weighted by atomic mass is 35.5. The van der Waals surface area contributed by atoms with E-state index < -0.39 is 11.9 Å². The maximum absolute atomic E-state index is 14.2. The largest absolute Gasteiger partial charge is 0.352 e. The van der Waals surface area contributed by atoms with Crippen molar-refractivity contribution in [2.75, 3.05) is 0 Å². The Labute approximate surface area is 199 Å². The second-order valence-electron chi connectivity index (χ2n) is 8.26. The number of carbonyl (C=O) groups excluding carboxylic acids is 2. The van der Waals surface area contributed by atoms with E-state index in [4.69, 9.17) is 23.2 Å². The SMILES string of the molecule is CCC(C(=O)NC1CCCCC1)N(Cc1c(Cl)cccc1Cl)C(=O)Cc1ccccc1F. The van der Waals surface area contributed by atoms with Gasteiger partial charge in [0.1, 0.15) is 11.9 Å². The Morgan fingerprint density at radius 2 is 1.72 bits per heavy atom. The van der Waals surface area contributed by atoms with Crippen molar-refractivity contribution in [2.45, 2.75) is 70.5 Å². The normalized spacial score (nSPS) is 15.2. The molecule has 1 unspecified atom stereocenters. The lowest BCUT2D eigenvalue weighted by Gasteiger charge is -2.33. The molecule has 172 valence electrons. The Kier molecular flexibility index (Phi) is 8.94. The number of benzene rings is 2.